The minimum absolute atomic E-state index is 0. The number of methoxy groups -OCH3 is 1. The SMILES string of the molecule is CCCCOc1ccc(PC(=O)c2c(Cl)cccc2OC)c(OCCCC)c1.[Li]. The van der Waals surface area contributed by atoms with Crippen LogP contribution in [0.2, 0.25) is 5.02 Å². The van der Waals surface area contributed by atoms with Gasteiger partial charge in [-0.2, -0.15) is 0 Å². The Kier molecular flexibility index (Phi) is 12.4. The van der Waals surface area contributed by atoms with Crippen molar-refractivity contribution in [1.29, 1.82) is 0 Å². The summed E-state index contributed by atoms with van der Waals surface area (Å²) < 4.78 is 17.1. The van der Waals surface area contributed by atoms with Crippen LogP contribution in [0.15, 0.2) is 36.4 Å². The number of rotatable bonds is 12. The third kappa shape index (κ3) is 7.87. The molecule has 29 heavy (non-hydrogen) atoms. The summed E-state index contributed by atoms with van der Waals surface area (Å²) in [6.45, 7) is 5.52. The van der Waals surface area contributed by atoms with Gasteiger partial charge in [-0.3, -0.25) is 4.79 Å². The van der Waals surface area contributed by atoms with Crippen LogP contribution in [0.5, 0.6) is 17.2 Å². The Balaban J connectivity index is 0.00000420. The van der Waals surface area contributed by atoms with Gasteiger partial charge in [0.15, 0.2) is 5.52 Å². The summed E-state index contributed by atoms with van der Waals surface area (Å²) in [5.74, 6) is 1.94. The first-order chi connectivity index (χ1) is 13.6. The van der Waals surface area contributed by atoms with Crippen LogP contribution in [-0.4, -0.2) is 44.7 Å². The Labute approximate surface area is 192 Å². The molecule has 0 heterocycles. The maximum Gasteiger partial charge on any atom is 0.190 e. The van der Waals surface area contributed by atoms with E-state index >= 15 is 0 Å². The smallest absolute Gasteiger partial charge is 0.190 e. The fourth-order valence-corrected chi connectivity index (χ4v) is 3.95. The predicted octanol–water partition coefficient (Wildman–Crippen LogP) is 5.47. The second-order valence-electron chi connectivity index (χ2n) is 6.33. The molecule has 0 bridgehead atoms. The molecule has 1 radical (unpaired) electrons. The Bertz CT molecular complexity index is 785. The molecule has 0 spiro atoms. The van der Waals surface area contributed by atoms with Gasteiger partial charge in [-0.05, 0) is 45.7 Å². The van der Waals surface area contributed by atoms with Crippen molar-refractivity contribution in [3.63, 3.8) is 0 Å². The van der Waals surface area contributed by atoms with Crippen molar-refractivity contribution in [1.82, 2.24) is 0 Å². The summed E-state index contributed by atoms with van der Waals surface area (Å²) in [6, 6.07) is 10.9. The minimum Gasteiger partial charge on any atom is -0.496 e. The molecule has 1 atom stereocenters. The zero-order valence-electron chi connectivity index (χ0n) is 17.7. The summed E-state index contributed by atoms with van der Waals surface area (Å²) in [5, 5.41) is 1.23. The van der Waals surface area contributed by atoms with Crippen LogP contribution in [0.4, 0.5) is 0 Å². The first kappa shape index (κ1) is 25.9. The van der Waals surface area contributed by atoms with Gasteiger partial charge in [0.25, 0.3) is 0 Å². The van der Waals surface area contributed by atoms with Gasteiger partial charge in [0.2, 0.25) is 0 Å². The average molecular weight is 430 g/mol. The van der Waals surface area contributed by atoms with Crippen LogP contribution in [0.25, 0.3) is 0 Å². The third-order valence-corrected chi connectivity index (χ3v) is 5.62. The molecule has 2 aromatic rings. The Hall–Kier alpha value is -1.17. The molecule has 0 aromatic heterocycles. The molecule has 2 aromatic carbocycles. The van der Waals surface area contributed by atoms with Crippen LogP contribution < -0.4 is 19.5 Å². The van der Waals surface area contributed by atoms with Gasteiger partial charge in [-0.25, -0.2) is 0 Å². The zero-order valence-corrected chi connectivity index (χ0v) is 19.5. The van der Waals surface area contributed by atoms with Crippen molar-refractivity contribution in [2.45, 2.75) is 39.5 Å². The molecule has 0 saturated carbocycles. The fourth-order valence-electron chi connectivity index (χ4n) is 2.56. The van der Waals surface area contributed by atoms with Gasteiger partial charge in [0.05, 0.1) is 30.9 Å². The zero-order chi connectivity index (χ0) is 20.4. The van der Waals surface area contributed by atoms with Gasteiger partial charge in [-0.1, -0.05) is 44.4 Å². The number of carbonyl (C=O) groups excluding carboxylic acids is 1. The second kappa shape index (κ2) is 13.9. The molecule has 1 unspecified atom stereocenters. The number of benzene rings is 2. The standard InChI is InChI=1S/C22H28ClO4P.Li/c1-4-6-13-26-16-11-12-20(19(15-16)27-14-7-5-2)28-22(24)21-17(23)9-8-10-18(21)25-3;/h8-12,15,28H,4-7,13-14H2,1-3H3;. The number of halogens is 1. The van der Waals surface area contributed by atoms with E-state index in [-0.39, 0.29) is 33.0 Å². The molecule has 7 heteroatoms. The molecule has 0 aliphatic carbocycles. The molecule has 153 valence electrons. The van der Waals surface area contributed by atoms with Crippen LogP contribution in [0, 0.1) is 0 Å². The second-order valence-corrected chi connectivity index (χ2v) is 7.98. The van der Waals surface area contributed by atoms with Crippen molar-refractivity contribution >= 4 is 49.9 Å². The summed E-state index contributed by atoms with van der Waals surface area (Å²) in [7, 11) is 1.41. The molecule has 0 aliphatic heterocycles. The van der Waals surface area contributed by atoms with Crippen molar-refractivity contribution in [3.8, 4) is 17.2 Å². The van der Waals surface area contributed by atoms with Crippen LogP contribution >= 0.6 is 20.2 Å². The largest absolute Gasteiger partial charge is 0.496 e. The van der Waals surface area contributed by atoms with Crippen molar-refractivity contribution < 1.29 is 19.0 Å². The molecular formula is C22H28ClLiO4P. The van der Waals surface area contributed by atoms with E-state index in [2.05, 4.69) is 13.8 Å². The topological polar surface area (TPSA) is 44.8 Å². The monoisotopic (exact) mass is 429 g/mol. The third-order valence-electron chi connectivity index (χ3n) is 4.15. The van der Waals surface area contributed by atoms with Gasteiger partial charge < -0.3 is 14.2 Å². The van der Waals surface area contributed by atoms with Crippen molar-refractivity contribution in [2.24, 2.45) is 0 Å². The van der Waals surface area contributed by atoms with Crippen LogP contribution in [0.1, 0.15) is 49.9 Å². The number of carbonyl (C=O) groups is 1. The molecule has 0 fully saturated rings. The Morgan fingerprint density at radius 3 is 2.34 bits per heavy atom. The molecule has 4 nitrogen and oxygen atoms in total. The van der Waals surface area contributed by atoms with Gasteiger partial charge in [0.1, 0.15) is 17.2 Å². The first-order valence-electron chi connectivity index (χ1n) is 9.64. The number of unbranched alkanes of at least 4 members (excludes halogenated alkanes) is 2. The molecule has 0 aliphatic rings. The summed E-state index contributed by atoms with van der Waals surface area (Å²) >= 11 is 6.26. The van der Waals surface area contributed by atoms with E-state index in [0.717, 1.165) is 36.7 Å². The Morgan fingerprint density at radius 2 is 1.69 bits per heavy atom. The quantitative estimate of drug-likeness (QED) is 0.255. The number of hydrogen-bond donors (Lipinski definition) is 0. The van der Waals surface area contributed by atoms with Crippen molar-refractivity contribution in [3.05, 3.63) is 47.0 Å². The van der Waals surface area contributed by atoms with Gasteiger partial charge in [0, 0.05) is 30.2 Å². The van der Waals surface area contributed by atoms with E-state index in [1.54, 1.807) is 18.2 Å². The maximum atomic E-state index is 13.0. The van der Waals surface area contributed by atoms with E-state index in [1.165, 1.54) is 7.11 Å². The summed E-state index contributed by atoms with van der Waals surface area (Å²) in [6.07, 6.45) is 4.07. The van der Waals surface area contributed by atoms with Gasteiger partial charge >= 0.3 is 0 Å². The summed E-state index contributed by atoms with van der Waals surface area (Å²) in [4.78, 5) is 13.0. The van der Waals surface area contributed by atoms with Gasteiger partial charge in [-0.15, -0.1) is 0 Å². The molecule has 0 N–H and O–H groups in total. The predicted molar refractivity (Wildman–Crippen MR) is 123 cm³/mol. The Morgan fingerprint density at radius 1 is 1.00 bits per heavy atom. The van der Waals surface area contributed by atoms with Crippen LogP contribution in [0.3, 0.4) is 0 Å². The van der Waals surface area contributed by atoms with E-state index < -0.39 is 0 Å². The molecule has 2 rings (SSSR count). The molecular weight excluding hydrogens is 402 g/mol. The average Bonchev–Trinajstić information content (AvgIpc) is 2.69. The summed E-state index contributed by atoms with van der Waals surface area (Å²) in [5.41, 5.74) is 0.329. The fraction of sp³-hybridized carbons (Fsp3) is 0.409. The normalized spacial score (nSPS) is 10.6. The number of ether oxygens (including phenoxy) is 3. The van der Waals surface area contributed by atoms with Crippen LogP contribution in [-0.2, 0) is 0 Å². The van der Waals surface area contributed by atoms with E-state index in [0.29, 0.717) is 35.3 Å². The molecule has 0 saturated heterocycles. The minimum atomic E-state index is -0.123. The first-order valence-corrected chi connectivity index (χ1v) is 11.0. The van der Waals surface area contributed by atoms with E-state index in [4.69, 9.17) is 25.8 Å². The maximum absolute atomic E-state index is 13.0. The number of hydrogen-bond acceptors (Lipinski definition) is 4. The van der Waals surface area contributed by atoms with E-state index in [9.17, 15) is 4.79 Å². The molecule has 0 amide bonds. The van der Waals surface area contributed by atoms with Crippen molar-refractivity contribution in [2.75, 3.05) is 20.3 Å². The van der Waals surface area contributed by atoms with E-state index in [1.807, 2.05) is 18.2 Å².